The molecule has 2 aromatic rings. The standard InChI is InChI=1S/C15H18ClN3O3/c1-22-10-12(20)9-17-15(21)18-13-5-4-11(16)8-14(13)19-6-2-3-7-19/h2-8,12,20H,9-10H2,1H3,(H2,17,18,21)/t12-/m0/s1. The van der Waals surface area contributed by atoms with Crippen LogP contribution in [-0.4, -0.2) is 42.1 Å². The number of carbonyl (C=O) groups is 1. The molecule has 0 spiro atoms. The Morgan fingerprint density at radius 3 is 2.82 bits per heavy atom. The van der Waals surface area contributed by atoms with E-state index in [1.54, 1.807) is 18.2 Å². The number of benzene rings is 1. The minimum Gasteiger partial charge on any atom is -0.389 e. The Labute approximate surface area is 133 Å². The molecule has 0 aliphatic carbocycles. The molecule has 1 heterocycles. The van der Waals surface area contributed by atoms with Crippen LogP contribution in [0.25, 0.3) is 5.69 Å². The van der Waals surface area contributed by atoms with Crippen LogP contribution >= 0.6 is 11.6 Å². The van der Waals surface area contributed by atoms with Crippen LogP contribution in [0.3, 0.4) is 0 Å². The Kier molecular flexibility index (Phi) is 5.83. The van der Waals surface area contributed by atoms with Crippen molar-refractivity contribution >= 4 is 23.3 Å². The second-order valence-electron chi connectivity index (χ2n) is 4.70. The maximum atomic E-state index is 11.9. The predicted octanol–water partition coefficient (Wildman–Crippen LogP) is 2.26. The van der Waals surface area contributed by atoms with Crippen molar-refractivity contribution in [1.82, 2.24) is 9.88 Å². The van der Waals surface area contributed by atoms with Crippen molar-refractivity contribution in [3.05, 3.63) is 47.7 Å². The number of carbonyl (C=O) groups excluding carboxylic acids is 1. The number of amides is 2. The summed E-state index contributed by atoms with van der Waals surface area (Å²) in [6, 6.07) is 8.53. The zero-order valence-corrected chi connectivity index (χ0v) is 12.9. The van der Waals surface area contributed by atoms with Gasteiger partial charge in [0.15, 0.2) is 0 Å². The van der Waals surface area contributed by atoms with Crippen LogP contribution < -0.4 is 10.6 Å². The van der Waals surface area contributed by atoms with E-state index in [0.29, 0.717) is 10.7 Å². The number of aliphatic hydroxyl groups is 1. The van der Waals surface area contributed by atoms with Crippen LogP contribution in [0.5, 0.6) is 0 Å². The first-order valence-electron chi connectivity index (χ1n) is 6.75. The van der Waals surface area contributed by atoms with Gasteiger partial charge in [0.25, 0.3) is 0 Å². The van der Waals surface area contributed by atoms with Gasteiger partial charge in [0.05, 0.1) is 24.1 Å². The number of aromatic nitrogens is 1. The summed E-state index contributed by atoms with van der Waals surface area (Å²) in [5.41, 5.74) is 1.37. The van der Waals surface area contributed by atoms with E-state index in [4.69, 9.17) is 16.3 Å². The van der Waals surface area contributed by atoms with Crippen LogP contribution in [0.4, 0.5) is 10.5 Å². The van der Waals surface area contributed by atoms with Gasteiger partial charge in [0.2, 0.25) is 0 Å². The molecule has 0 aliphatic heterocycles. The number of urea groups is 1. The average molecular weight is 324 g/mol. The minimum atomic E-state index is -0.745. The van der Waals surface area contributed by atoms with E-state index in [2.05, 4.69) is 10.6 Å². The lowest BCUT2D eigenvalue weighted by Gasteiger charge is -2.15. The van der Waals surface area contributed by atoms with Gasteiger partial charge in [-0.05, 0) is 30.3 Å². The van der Waals surface area contributed by atoms with Gasteiger partial charge in [-0.15, -0.1) is 0 Å². The quantitative estimate of drug-likeness (QED) is 0.763. The third kappa shape index (κ3) is 4.49. The van der Waals surface area contributed by atoms with Gasteiger partial charge >= 0.3 is 6.03 Å². The Balaban J connectivity index is 2.05. The molecule has 1 aromatic heterocycles. The molecule has 7 heteroatoms. The molecule has 118 valence electrons. The number of aliphatic hydroxyl groups excluding tert-OH is 1. The predicted molar refractivity (Wildman–Crippen MR) is 85.7 cm³/mol. The molecule has 0 saturated carbocycles. The fraction of sp³-hybridized carbons (Fsp3) is 0.267. The van der Waals surface area contributed by atoms with Crippen molar-refractivity contribution in [3.63, 3.8) is 0 Å². The van der Waals surface area contributed by atoms with Crippen molar-refractivity contribution < 1.29 is 14.6 Å². The van der Waals surface area contributed by atoms with E-state index in [1.165, 1.54) is 7.11 Å². The molecular weight excluding hydrogens is 306 g/mol. The number of anilines is 1. The highest BCUT2D eigenvalue weighted by atomic mass is 35.5. The van der Waals surface area contributed by atoms with Crippen molar-refractivity contribution in [3.8, 4) is 5.69 Å². The lowest BCUT2D eigenvalue weighted by molar-refractivity contribution is 0.0663. The second kappa shape index (κ2) is 7.84. The summed E-state index contributed by atoms with van der Waals surface area (Å²) in [6.45, 7) is 0.266. The normalized spacial score (nSPS) is 12.0. The average Bonchev–Trinajstić information content (AvgIpc) is 3.01. The van der Waals surface area contributed by atoms with Crippen molar-refractivity contribution in [2.75, 3.05) is 25.6 Å². The van der Waals surface area contributed by atoms with Crippen molar-refractivity contribution in [2.24, 2.45) is 0 Å². The van der Waals surface area contributed by atoms with Crippen LogP contribution in [-0.2, 0) is 4.74 Å². The fourth-order valence-electron chi connectivity index (χ4n) is 1.95. The van der Waals surface area contributed by atoms with E-state index in [9.17, 15) is 9.90 Å². The molecule has 1 atom stereocenters. The highest BCUT2D eigenvalue weighted by Gasteiger charge is 2.10. The number of hydrogen-bond donors (Lipinski definition) is 3. The van der Waals surface area contributed by atoms with Crippen LogP contribution in [0.1, 0.15) is 0 Å². The minimum absolute atomic E-state index is 0.103. The Hall–Kier alpha value is -2.02. The third-order valence-electron chi connectivity index (χ3n) is 2.95. The van der Waals surface area contributed by atoms with Crippen LogP contribution in [0.2, 0.25) is 5.02 Å². The zero-order chi connectivity index (χ0) is 15.9. The van der Waals surface area contributed by atoms with Crippen molar-refractivity contribution in [1.29, 1.82) is 0 Å². The largest absolute Gasteiger partial charge is 0.389 e. The Morgan fingerprint density at radius 1 is 1.41 bits per heavy atom. The van der Waals surface area contributed by atoms with Crippen molar-refractivity contribution in [2.45, 2.75) is 6.10 Å². The number of nitrogens with zero attached hydrogens (tertiary/aromatic N) is 1. The molecule has 2 rings (SSSR count). The van der Waals surface area contributed by atoms with Gasteiger partial charge in [-0.3, -0.25) is 0 Å². The smallest absolute Gasteiger partial charge is 0.319 e. The Bertz CT molecular complexity index is 617. The first-order valence-corrected chi connectivity index (χ1v) is 7.12. The number of halogens is 1. The molecule has 3 N–H and O–H groups in total. The summed E-state index contributed by atoms with van der Waals surface area (Å²) in [4.78, 5) is 11.9. The molecule has 0 radical (unpaired) electrons. The van der Waals surface area contributed by atoms with Crippen LogP contribution in [0.15, 0.2) is 42.7 Å². The lowest BCUT2D eigenvalue weighted by Crippen LogP contribution is -2.37. The first-order chi connectivity index (χ1) is 10.6. The van der Waals surface area contributed by atoms with E-state index < -0.39 is 12.1 Å². The summed E-state index contributed by atoms with van der Waals surface area (Å²) in [6.07, 6.45) is 2.97. The number of rotatable bonds is 6. The topological polar surface area (TPSA) is 75.5 Å². The van der Waals surface area contributed by atoms with Gasteiger partial charge in [0, 0.05) is 31.1 Å². The van der Waals surface area contributed by atoms with E-state index >= 15 is 0 Å². The fourth-order valence-corrected chi connectivity index (χ4v) is 2.11. The van der Waals surface area contributed by atoms with Gasteiger partial charge in [-0.1, -0.05) is 11.6 Å². The number of hydrogen-bond acceptors (Lipinski definition) is 3. The lowest BCUT2D eigenvalue weighted by atomic mass is 10.2. The maximum Gasteiger partial charge on any atom is 0.319 e. The molecule has 22 heavy (non-hydrogen) atoms. The van der Waals surface area contributed by atoms with Gasteiger partial charge in [0.1, 0.15) is 0 Å². The summed E-state index contributed by atoms with van der Waals surface area (Å²) in [5.74, 6) is 0. The highest BCUT2D eigenvalue weighted by molar-refractivity contribution is 6.30. The Morgan fingerprint density at radius 2 is 2.14 bits per heavy atom. The molecule has 0 bridgehead atoms. The summed E-state index contributed by atoms with van der Waals surface area (Å²) in [7, 11) is 1.49. The molecule has 0 saturated heterocycles. The van der Waals surface area contributed by atoms with Gasteiger partial charge in [-0.25, -0.2) is 4.79 Å². The highest BCUT2D eigenvalue weighted by Crippen LogP contribution is 2.24. The number of methoxy groups -OCH3 is 1. The molecule has 6 nitrogen and oxygen atoms in total. The monoisotopic (exact) mass is 323 g/mol. The molecule has 0 aliphatic rings. The molecule has 0 unspecified atom stereocenters. The van der Waals surface area contributed by atoms with E-state index in [-0.39, 0.29) is 13.2 Å². The molecule has 2 amide bonds. The summed E-state index contributed by atoms with van der Waals surface area (Å²) >= 11 is 6.02. The van der Waals surface area contributed by atoms with Crippen LogP contribution in [0, 0.1) is 0 Å². The maximum absolute atomic E-state index is 11.9. The molecular formula is C15H18ClN3O3. The first kappa shape index (κ1) is 16.4. The summed E-state index contributed by atoms with van der Waals surface area (Å²) in [5, 5.41) is 15.4. The molecule has 1 aromatic carbocycles. The zero-order valence-electron chi connectivity index (χ0n) is 12.1. The van der Waals surface area contributed by atoms with E-state index in [1.807, 2.05) is 29.1 Å². The SMILES string of the molecule is COC[C@@H](O)CNC(=O)Nc1ccc(Cl)cc1-n1cccc1. The van der Waals surface area contributed by atoms with Gasteiger partial charge < -0.3 is 25.0 Å². The third-order valence-corrected chi connectivity index (χ3v) is 3.18. The summed E-state index contributed by atoms with van der Waals surface area (Å²) < 4.78 is 6.64. The van der Waals surface area contributed by atoms with E-state index in [0.717, 1.165) is 5.69 Å². The number of nitrogens with one attached hydrogen (secondary N) is 2. The molecule has 0 fully saturated rings. The van der Waals surface area contributed by atoms with Gasteiger partial charge in [-0.2, -0.15) is 0 Å². The second-order valence-corrected chi connectivity index (χ2v) is 5.13. The number of ether oxygens (including phenoxy) is 1.